The zero-order valence-corrected chi connectivity index (χ0v) is 9.39. The quantitative estimate of drug-likeness (QED) is 0.822. The first-order valence-electron chi connectivity index (χ1n) is 3.37. The fourth-order valence-electron chi connectivity index (χ4n) is 1.00. The first-order chi connectivity index (χ1) is 6.22. The van der Waals surface area contributed by atoms with Gasteiger partial charge in [-0.2, -0.15) is 0 Å². The van der Waals surface area contributed by atoms with Crippen molar-refractivity contribution in [3.8, 4) is 0 Å². The van der Waals surface area contributed by atoms with Crippen LogP contribution in [0.2, 0.25) is 0 Å². The number of halogens is 2. The maximum absolute atomic E-state index is 10.6. The summed E-state index contributed by atoms with van der Waals surface area (Å²) in [6.45, 7) is 0. The number of nitrogens with one attached hydrogen (secondary N) is 1. The van der Waals surface area contributed by atoms with Crippen molar-refractivity contribution in [2.24, 2.45) is 0 Å². The van der Waals surface area contributed by atoms with Gasteiger partial charge in [0.2, 0.25) is 0 Å². The summed E-state index contributed by atoms with van der Waals surface area (Å²) in [5, 5.41) is 0. The van der Waals surface area contributed by atoms with Crippen LogP contribution < -0.4 is 0 Å². The van der Waals surface area contributed by atoms with Crippen molar-refractivity contribution in [3.63, 3.8) is 0 Å². The van der Waals surface area contributed by atoms with E-state index >= 15 is 0 Å². The Morgan fingerprint density at radius 3 is 2.69 bits per heavy atom. The molecule has 1 N–H and O–H groups in total. The molecule has 0 saturated carbocycles. The lowest BCUT2D eigenvalue weighted by Gasteiger charge is -1.94. The third kappa shape index (κ3) is 1.40. The lowest BCUT2D eigenvalue weighted by atomic mass is 10.3. The van der Waals surface area contributed by atoms with Crippen LogP contribution >= 0.6 is 31.9 Å². The molecule has 0 spiro atoms. The van der Waals surface area contributed by atoms with Crippen LogP contribution in [0.3, 0.4) is 0 Å². The summed E-state index contributed by atoms with van der Waals surface area (Å²) >= 11 is 6.43. The Labute approximate surface area is 90.0 Å². The number of fused-ring (bicyclic) bond motifs is 1. The maximum atomic E-state index is 10.6. The second-order valence-corrected chi connectivity index (χ2v) is 3.87. The van der Waals surface area contributed by atoms with Gasteiger partial charge in [0.05, 0.1) is 5.56 Å². The van der Waals surface area contributed by atoms with Gasteiger partial charge < -0.3 is 4.98 Å². The highest BCUT2D eigenvalue weighted by Gasteiger charge is 2.08. The van der Waals surface area contributed by atoms with Gasteiger partial charge in [0.25, 0.3) is 0 Å². The van der Waals surface area contributed by atoms with Crippen molar-refractivity contribution in [3.05, 3.63) is 21.0 Å². The summed E-state index contributed by atoms with van der Waals surface area (Å²) in [5.74, 6) is 0. The van der Waals surface area contributed by atoms with Gasteiger partial charge in [-0.25, -0.2) is 9.97 Å². The number of rotatable bonds is 1. The SMILES string of the molecule is O=Cc1c[nH]c2nc(Br)c(Br)nc12. The van der Waals surface area contributed by atoms with Gasteiger partial charge in [0.1, 0.15) is 14.7 Å². The summed E-state index contributed by atoms with van der Waals surface area (Å²) in [7, 11) is 0. The van der Waals surface area contributed by atoms with Crippen molar-refractivity contribution in [2.45, 2.75) is 0 Å². The molecule has 0 bridgehead atoms. The molecule has 0 unspecified atom stereocenters. The molecule has 0 radical (unpaired) electrons. The van der Waals surface area contributed by atoms with Crippen LogP contribution in [0.1, 0.15) is 10.4 Å². The van der Waals surface area contributed by atoms with E-state index in [4.69, 9.17) is 0 Å². The molecule has 6 heteroatoms. The zero-order valence-electron chi connectivity index (χ0n) is 6.21. The van der Waals surface area contributed by atoms with Crippen LogP contribution in [0.25, 0.3) is 11.2 Å². The standard InChI is InChI=1S/C7H3Br2N3O/c8-5-6(9)12-7-4(11-5)3(2-13)1-10-7/h1-2H,(H,10,12). The molecule has 13 heavy (non-hydrogen) atoms. The average molecular weight is 305 g/mol. The number of aldehydes is 1. The molecule has 2 heterocycles. The number of aromatic amines is 1. The third-order valence-corrected chi connectivity index (χ3v) is 3.22. The normalized spacial score (nSPS) is 10.6. The topological polar surface area (TPSA) is 58.6 Å². The molecule has 0 saturated heterocycles. The number of H-pyrrole nitrogens is 1. The number of aromatic nitrogens is 3. The van der Waals surface area contributed by atoms with E-state index in [9.17, 15) is 4.79 Å². The van der Waals surface area contributed by atoms with Crippen LogP contribution in [0, 0.1) is 0 Å². The summed E-state index contributed by atoms with van der Waals surface area (Å²) < 4.78 is 1.20. The predicted molar refractivity (Wildman–Crippen MR) is 54.7 cm³/mol. The van der Waals surface area contributed by atoms with Crippen molar-refractivity contribution in [1.82, 2.24) is 15.0 Å². The van der Waals surface area contributed by atoms with Crippen LogP contribution in [-0.2, 0) is 0 Å². The van der Waals surface area contributed by atoms with Gasteiger partial charge in [-0.3, -0.25) is 4.79 Å². The monoisotopic (exact) mass is 303 g/mol. The lowest BCUT2D eigenvalue weighted by Crippen LogP contribution is -1.86. The maximum Gasteiger partial charge on any atom is 0.158 e. The minimum Gasteiger partial charge on any atom is -0.344 e. The highest BCUT2D eigenvalue weighted by Crippen LogP contribution is 2.22. The highest BCUT2D eigenvalue weighted by atomic mass is 79.9. The van der Waals surface area contributed by atoms with Crippen molar-refractivity contribution in [2.75, 3.05) is 0 Å². The first-order valence-corrected chi connectivity index (χ1v) is 4.96. The second-order valence-electron chi connectivity index (χ2n) is 2.36. The van der Waals surface area contributed by atoms with E-state index in [0.717, 1.165) is 6.29 Å². The molecule has 4 nitrogen and oxygen atoms in total. The number of carbonyl (C=O) groups is 1. The largest absolute Gasteiger partial charge is 0.344 e. The molecule has 66 valence electrons. The summed E-state index contributed by atoms with van der Waals surface area (Å²) in [4.78, 5) is 21.7. The van der Waals surface area contributed by atoms with Crippen LogP contribution in [0.5, 0.6) is 0 Å². The Kier molecular flexibility index (Phi) is 2.17. The Bertz CT molecular complexity index is 480. The van der Waals surface area contributed by atoms with E-state index in [-0.39, 0.29) is 0 Å². The Morgan fingerprint density at radius 1 is 1.31 bits per heavy atom. The Balaban J connectivity index is 2.84. The van der Waals surface area contributed by atoms with E-state index in [2.05, 4.69) is 46.8 Å². The highest BCUT2D eigenvalue weighted by molar-refractivity contribution is 9.13. The molecule has 0 aromatic carbocycles. The van der Waals surface area contributed by atoms with Crippen LogP contribution in [0.4, 0.5) is 0 Å². The molecule has 0 aliphatic heterocycles. The lowest BCUT2D eigenvalue weighted by molar-refractivity contribution is 0.112. The first kappa shape index (κ1) is 8.83. The van der Waals surface area contributed by atoms with Crippen molar-refractivity contribution >= 4 is 49.3 Å². The van der Waals surface area contributed by atoms with Crippen molar-refractivity contribution in [1.29, 1.82) is 0 Å². The number of carbonyl (C=O) groups excluding carboxylic acids is 1. The summed E-state index contributed by atoms with van der Waals surface area (Å²) in [6.07, 6.45) is 2.32. The molecule has 0 aliphatic carbocycles. The molecular weight excluding hydrogens is 302 g/mol. The fraction of sp³-hybridized carbons (Fsp3) is 0. The number of hydrogen-bond donors (Lipinski definition) is 1. The van der Waals surface area contributed by atoms with E-state index in [1.165, 1.54) is 0 Å². The van der Waals surface area contributed by atoms with Gasteiger partial charge >= 0.3 is 0 Å². The van der Waals surface area contributed by atoms with Gasteiger partial charge in [-0.1, -0.05) is 0 Å². The smallest absolute Gasteiger partial charge is 0.158 e. The predicted octanol–water partition coefficient (Wildman–Crippen LogP) is 2.30. The van der Waals surface area contributed by atoms with Gasteiger partial charge in [-0.15, -0.1) is 0 Å². The number of hydrogen-bond acceptors (Lipinski definition) is 3. The molecule has 2 aromatic heterocycles. The minimum atomic E-state index is 0.510. The summed E-state index contributed by atoms with van der Waals surface area (Å²) in [5.41, 5.74) is 1.68. The molecule has 0 aliphatic rings. The van der Waals surface area contributed by atoms with Gasteiger partial charge in [0, 0.05) is 6.20 Å². The molecule has 0 atom stereocenters. The molecule has 2 rings (SSSR count). The average Bonchev–Trinajstić information content (AvgIpc) is 2.48. The Hall–Kier alpha value is -0.750. The summed E-state index contributed by atoms with van der Waals surface area (Å²) in [6, 6.07) is 0. The fourth-order valence-corrected chi connectivity index (χ4v) is 1.53. The second kappa shape index (κ2) is 3.19. The van der Waals surface area contributed by atoms with E-state index in [1.807, 2.05) is 0 Å². The molecular formula is C7H3Br2N3O. The zero-order chi connectivity index (χ0) is 9.42. The molecule has 0 amide bonds. The third-order valence-electron chi connectivity index (χ3n) is 1.58. The van der Waals surface area contributed by atoms with E-state index in [1.54, 1.807) is 6.20 Å². The van der Waals surface area contributed by atoms with Gasteiger partial charge in [0.15, 0.2) is 11.9 Å². The van der Waals surface area contributed by atoms with E-state index < -0.39 is 0 Å². The number of nitrogens with zero attached hydrogens (tertiary/aromatic N) is 2. The van der Waals surface area contributed by atoms with E-state index in [0.29, 0.717) is 25.9 Å². The molecule has 2 aromatic rings. The Morgan fingerprint density at radius 2 is 2.00 bits per heavy atom. The molecule has 0 fully saturated rings. The van der Waals surface area contributed by atoms with Gasteiger partial charge in [-0.05, 0) is 31.9 Å². The van der Waals surface area contributed by atoms with Crippen molar-refractivity contribution < 1.29 is 4.79 Å². The minimum absolute atomic E-state index is 0.510. The van der Waals surface area contributed by atoms with Crippen LogP contribution in [0.15, 0.2) is 15.4 Å². The van der Waals surface area contributed by atoms with Crippen LogP contribution in [-0.4, -0.2) is 21.2 Å².